The molecule has 0 aliphatic carbocycles. The zero-order chi connectivity index (χ0) is 12.5. The van der Waals surface area contributed by atoms with E-state index in [2.05, 4.69) is 10.0 Å². The number of hydrogen-bond acceptors (Lipinski definition) is 3. The standard InChI is InChI=1S/C10H12Cl2N2O2S.ClH/c11-7-3-8(12)5-10(4-7)17(15,16)14-9-1-2-13-6-9;/h3-5,9,13-14H,1-2,6H2;1H. The van der Waals surface area contributed by atoms with Crippen molar-refractivity contribution in [3.8, 4) is 0 Å². The quantitative estimate of drug-likeness (QED) is 0.891. The zero-order valence-corrected chi connectivity index (χ0v) is 12.5. The average molecular weight is 332 g/mol. The largest absolute Gasteiger partial charge is 0.315 e. The van der Waals surface area contributed by atoms with E-state index in [-0.39, 0.29) is 23.3 Å². The van der Waals surface area contributed by atoms with E-state index < -0.39 is 10.0 Å². The van der Waals surface area contributed by atoms with Gasteiger partial charge in [-0.15, -0.1) is 12.4 Å². The summed E-state index contributed by atoms with van der Waals surface area (Å²) in [6.07, 6.45) is 0.785. The van der Waals surface area contributed by atoms with E-state index in [1.807, 2.05) is 0 Å². The molecule has 1 fully saturated rings. The molecule has 0 aromatic heterocycles. The van der Waals surface area contributed by atoms with Crippen molar-refractivity contribution in [3.05, 3.63) is 28.2 Å². The van der Waals surface area contributed by atoms with Gasteiger partial charge in [0.1, 0.15) is 0 Å². The summed E-state index contributed by atoms with van der Waals surface area (Å²) in [5.41, 5.74) is 0. The van der Waals surface area contributed by atoms with E-state index in [1.165, 1.54) is 18.2 Å². The van der Waals surface area contributed by atoms with Crippen LogP contribution in [0.2, 0.25) is 10.0 Å². The monoisotopic (exact) mass is 330 g/mol. The number of hydrogen-bond donors (Lipinski definition) is 2. The summed E-state index contributed by atoms with van der Waals surface area (Å²) in [5.74, 6) is 0. The molecule has 2 N–H and O–H groups in total. The van der Waals surface area contributed by atoms with E-state index in [9.17, 15) is 8.42 Å². The number of halogens is 3. The second-order valence-corrected chi connectivity index (χ2v) is 6.50. The summed E-state index contributed by atoms with van der Waals surface area (Å²) < 4.78 is 26.7. The highest BCUT2D eigenvalue weighted by atomic mass is 35.5. The van der Waals surface area contributed by atoms with Gasteiger partial charge < -0.3 is 5.32 Å². The van der Waals surface area contributed by atoms with Crippen LogP contribution >= 0.6 is 35.6 Å². The van der Waals surface area contributed by atoms with Crippen molar-refractivity contribution in [1.29, 1.82) is 0 Å². The number of sulfonamides is 1. The maximum Gasteiger partial charge on any atom is 0.240 e. The first kappa shape index (κ1) is 16.0. The zero-order valence-electron chi connectivity index (χ0n) is 9.32. The lowest BCUT2D eigenvalue weighted by atomic mass is 10.3. The topological polar surface area (TPSA) is 58.2 Å². The highest BCUT2D eigenvalue weighted by Crippen LogP contribution is 2.22. The van der Waals surface area contributed by atoms with Gasteiger partial charge in [0, 0.05) is 22.6 Å². The minimum Gasteiger partial charge on any atom is -0.315 e. The second-order valence-electron chi connectivity index (χ2n) is 3.92. The summed E-state index contributed by atoms with van der Waals surface area (Å²) in [5, 5.41) is 3.71. The van der Waals surface area contributed by atoms with Crippen LogP contribution in [-0.2, 0) is 10.0 Å². The molecule has 4 nitrogen and oxygen atoms in total. The van der Waals surface area contributed by atoms with Gasteiger partial charge in [0.2, 0.25) is 10.0 Å². The fourth-order valence-electron chi connectivity index (χ4n) is 1.73. The predicted octanol–water partition coefficient (Wildman–Crippen LogP) is 2.06. The third-order valence-electron chi connectivity index (χ3n) is 2.53. The molecule has 1 aromatic carbocycles. The molecule has 0 spiro atoms. The first-order valence-corrected chi connectivity index (χ1v) is 7.40. The highest BCUT2D eigenvalue weighted by Gasteiger charge is 2.23. The molecule has 1 unspecified atom stereocenters. The summed E-state index contributed by atoms with van der Waals surface area (Å²) in [6.45, 7) is 1.47. The molecule has 18 heavy (non-hydrogen) atoms. The average Bonchev–Trinajstić information content (AvgIpc) is 2.68. The van der Waals surface area contributed by atoms with Gasteiger partial charge in [-0.05, 0) is 31.2 Å². The molecule has 2 rings (SSSR count). The van der Waals surface area contributed by atoms with Crippen molar-refractivity contribution >= 4 is 45.6 Å². The molecule has 1 saturated heterocycles. The van der Waals surface area contributed by atoms with Gasteiger partial charge in [-0.2, -0.15) is 0 Å². The summed E-state index contributed by atoms with van der Waals surface area (Å²) in [7, 11) is -3.55. The SMILES string of the molecule is Cl.O=S(=O)(NC1CCNC1)c1cc(Cl)cc(Cl)c1. The number of benzene rings is 1. The first-order valence-electron chi connectivity index (χ1n) is 5.16. The van der Waals surface area contributed by atoms with Crippen molar-refractivity contribution < 1.29 is 8.42 Å². The molecular weight excluding hydrogens is 319 g/mol. The van der Waals surface area contributed by atoms with Crippen LogP contribution in [0.25, 0.3) is 0 Å². The van der Waals surface area contributed by atoms with Crippen LogP contribution in [0.3, 0.4) is 0 Å². The highest BCUT2D eigenvalue weighted by molar-refractivity contribution is 7.89. The van der Waals surface area contributed by atoms with Gasteiger partial charge in [-0.3, -0.25) is 0 Å². The normalized spacial score (nSPS) is 19.6. The molecule has 1 heterocycles. The van der Waals surface area contributed by atoms with Crippen LogP contribution in [0.1, 0.15) is 6.42 Å². The van der Waals surface area contributed by atoms with Gasteiger partial charge in [0.15, 0.2) is 0 Å². The molecule has 1 aliphatic heterocycles. The second kappa shape index (κ2) is 6.41. The fourth-order valence-corrected chi connectivity index (χ4v) is 3.72. The van der Waals surface area contributed by atoms with Crippen molar-refractivity contribution in [3.63, 3.8) is 0 Å². The van der Waals surface area contributed by atoms with Crippen LogP contribution in [0, 0.1) is 0 Å². The van der Waals surface area contributed by atoms with Crippen LogP contribution in [0.4, 0.5) is 0 Å². The molecular formula is C10H13Cl3N2O2S. The summed E-state index contributed by atoms with van der Waals surface area (Å²) >= 11 is 11.6. The molecule has 1 atom stereocenters. The lowest BCUT2D eigenvalue weighted by Crippen LogP contribution is -2.36. The van der Waals surface area contributed by atoms with Crippen molar-refractivity contribution in [1.82, 2.24) is 10.0 Å². The lowest BCUT2D eigenvalue weighted by molar-refractivity contribution is 0.560. The Labute approximate surface area is 123 Å². The third-order valence-corrected chi connectivity index (χ3v) is 4.46. The van der Waals surface area contributed by atoms with E-state index in [0.29, 0.717) is 16.6 Å². The molecule has 8 heteroatoms. The van der Waals surface area contributed by atoms with Crippen LogP contribution in [0.5, 0.6) is 0 Å². The van der Waals surface area contributed by atoms with Crippen LogP contribution in [-0.4, -0.2) is 27.5 Å². The smallest absolute Gasteiger partial charge is 0.240 e. The summed E-state index contributed by atoms with van der Waals surface area (Å²) in [6, 6.07) is 4.20. The lowest BCUT2D eigenvalue weighted by Gasteiger charge is -2.12. The Balaban J connectivity index is 0.00000162. The van der Waals surface area contributed by atoms with Crippen LogP contribution < -0.4 is 10.0 Å². The van der Waals surface area contributed by atoms with E-state index in [0.717, 1.165) is 13.0 Å². The number of rotatable bonds is 3. The van der Waals surface area contributed by atoms with Gasteiger partial charge in [0.05, 0.1) is 4.90 Å². The van der Waals surface area contributed by atoms with Crippen molar-refractivity contribution in [2.75, 3.05) is 13.1 Å². The maximum atomic E-state index is 12.0. The summed E-state index contributed by atoms with van der Waals surface area (Å²) in [4.78, 5) is 0.0990. The van der Waals surface area contributed by atoms with Crippen molar-refractivity contribution in [2.24, 2.45) is 0 Å². The fraction of sp³-hybridized carbons (Fsp3) is 0.400. The molecule has 0 bridgehead atoms. The third kappa shape index (κ3) is 3.98. The molecule has 1 aromatic rings. The maximum absolute atomic E-state index is 12.0. The predicted molar refractivity (Wildman–Crippen MR) is 75.3 cm³/mol. The van der Waals surface area contributed by atoms with Gasteiger partial charge in [-0.25, -0.2) is 13.1 Å². The van der Waals surface area contributed by atoms with E-state index >= 15 is 0 Å². The van der Waals surface area contributed by atoms with E-state index in [1.54, 1.807) is 0 Å². The number of nitrogens with one attached hydrogen (secondary N) is 2. The first-order chi connectivity index (χ1) is 7.97. The minimum absolute atomic E-state index is 0. The molecule has 1 aliphatic rings. The molecule has 0 amide bonds. The Bertz CT molecular complexity index is 496. The van der Waals surface area contributed by atoms with Gasteiger partial charge in [-0.1, -0.05) is 23.2 Å². The van der Waals surface area contributed by atoms with Gasteiger partial charge >= 0.3 is 0 Å². The Morgan fingerprint density at radius 2 is 1.83 bits per heavy atom. The Kier molecular flexibility index (Phi) is 5.70. The Morgan fingerprint density at radius 1 is 1.22 bits per heavy atom. The molecule has 0 saturated carbocycles. The minimum atomic E-state index is -3.55. The van der Waals surface area contributed by atoms with E-state index in [4.69, 9.17) is 23.2 Å². The molecule has 102 valence electrons. The van der Waals surface area contributed by atoms with Crippen molar-refractivity contribution in [2.45, 2.75) is 17.4 Å². The molecule has 0 radical (unpaired) electrons. The Hall–Kier alpha value is -0.0400. The van der Waals surface area contributed by atoms with Crippen LogP contribution in [0.15, 0.2) is 23.1 Å². The van der Waals surface area contributed by atoms with Gasteiger partial charge in [0.25, 0.3) is 0 Å². The Morgan fingerprint density at radius 3 is 2.33 bits per heavy atom.